The largest absolute Gasteiger partial charge is 0.494 e. The summed E-state index contributed by atoms with van der Waals surface area (Å²) >= 11 is 1.40. The minimum atomic E-state index is -0.00210. The van der Waals surface area contributed by atoms with Crippen LogP contribution in [-0.2, 0) is 9.53 Å². The molecule has 1 aromatic heterocycles. The van der Waals surface area contributed by atoms with Gasteiger partial charge in [-0.15, -0.1) is 0 Å². The maximum Gasteiger partial charge on any atom is 0.229 e. The van der Waals surface area contributed by atoms with Gasteiger partial charge in [0.2, 0.25) is 5.91 Å². The Morgan fingerprint density at radius 1 is 1.48 bits per heavy atom. The van der Waals surface area contributed by atoms with Crippen molar-refractivity contribution in [3.8, 4) is 5.75 Å². The molecule has 1 aromatic carbocycles. The van der Waals surface area contributed by atoms with E-state index >= 15 is 0 Å². The molecule has 3 rings (SSSR count). The normalized spacial score (nSPS) is 16.0. The Labute approximate surface area is 126 Å². The summed E-state index contributed by atoms with van der Waals surface area (Å²) in [6.07, 6.45) is 1.51. The first-order valence-corrected chi connectivity index (χ1v) is 7.61. The Morgan fingerprint density at radius 2 is 2.24 bits per heavy atom. The highest BCUT2D eigenvalue weighted by atomic mass is 32.1. The summed E-state index contributed by atoms with van der Waals surface area (Å²) < 4.78 is 11.4. The standard InChI is InChI=1S/C14H17N3O3S/c1-19-10-6-9(15)7-11-12(10)16-14(21-11)17-13(18)8-2-4-20-5-3-8/h6-8H,2-5,15H2,1H3,(H,16,17,18). The highest BCUT2D eigenvalue weighted by molar-refractivity contribution is 7.22. The van der Waals surface area contributed by atoms with E-state index in [0.29, 0.717) is 29.8 Å². The van der Waals surface area contributed by atoms with Gasteiger partial charge in [0.25, 0.3) is 0 Å². The number of benzene rings is 1. The van der Waals surface area contributed by atoms with Crippen LogP contribution >= 0.6 is 11.3 Å². The lowest BCUT2D eigenvalue weighted by atomic mass is 10.00. The van der Waals surface area contributed by atoms with Crippen LogP contribution in [0.1, 0.15) is 12.8 Å². The molecule has 1 saturated heterocycles. The zero-order chi connectivity index (χ0) is 14.8. The number of hydrogen-bond donors (Lipinski definition) is 2. The molecule has 1 aliphatic heterocycles. The lowest BCUT2D eigenvalue weighted by molar-refractivity contribution is -0.122. The molecule has 0 aliphatic carbocycles. The number of anilines is 2. The van der Waals surface area contributed by atoms with E-state index in [1.54, 1.807) is 13.2 Å². The minimum absolute atomic E-state index is 0.00210. The minimum Gasteiger partial charge on any atom is -0.494 e. The quantitative estimate of drug-likeness (QED) is 0.849. The maximum absolute atomic E-state index is 12.2. The van der Waals surface area contributed by atoms with Crippen LogP contribution < -0.4 is 15.8 Å². The Morgan fingerprint density at radius 3 is 2.95 bits per heavy atom. The number of nitrogens with two attached hydrogens (primary N) is 1. The Balaban J connectivity index is 1.82. The molecule has 1 amide bonds. The number of fused-ring (bicyclic) bond motifs is 1. The first kappa shape index (κ1) is 14.1. The summed E-state index contributed by atoms with van der Waals surface area (Å²) in [5, 5.41) is 3.46. The zero-order valence-corrected chi connectivity index (χ0v) is 12.5. The fraction of sp³-hybridized carbons (Fsp3) is 0.429. The molecule has 0 radical (unpaired) electrons. The van der Waals surface area contributed by atoms with Gasteiger partial charge in [-0.05, 0) is 18.9 Å². The van der Waals surface area contributed by atoms with E-state index < -0.39 is 0 Å². The first-order chi connectivity index (χ1) is 10.2. The van der Waals surface area contributed by atoms with Crippen molar-refractivity contribution in [2.24, 2.45) is 5.92 Å². The molecule has 7 heteroatoms. The predicted molar refractivity (Wildman–Crippen MR) is 82.8 cm³/mol. The summed E-state index contributed by atoms with van der Waals surface area (Å²) in [4.78, 5) is 16.6. The second-order valence-corrected chi connectivity index (χ2v) is 6.00. The number of hydrogen-bond acceptors (Lipinski definition) is 6. The van der Waals surface area contributed by atoms with Gasteiger partial charge in [-0.2, -0.15) is 0 Å². The van der Waals surface area contributed by atoms with Gasteiger partial charge in [0.1, 0.15) is 11.3 Å². The van der Waals surface area contributed by atoms with E-state index in [-0.39, 0.29) is 11.8 Å². The van der Waals surface area contributed by atoms with Gasteiger partial charge in [0.15, 0.2) is 5.13 Å². The van der Waals surface area contributed by atoms with Gasteiger partial charge in [-0.1, -0.05) is 11.3 Å². The van der Waals surface area contributed by atoms with Crippen molar-refractivity contribution >= 4 is 38.3 Å². The highest BCUT2D eigenvalue weighted by Crippen LogP contribution is 2.34. The lowest BCUT2D eigenvalue weighted by Crippen LogP contribution is -2.28. The zero-order valence-electron chi connectivity index (χ0n) is 11.7. The van der Waals surface area contributed by atoms with Crippen LogP contribution in [0.4, 0.5) is 10.8 Å². The van der Waals surface area contributed by atoms with Gasteiger partial charge < -0.3 is 20.5 Å². The Hall–Kier alpha value is -1.86. The molecular weight excluding hydrogens is 290 g/mol. The number of methoxy groups -OCH3 is 1. The Bertz CT molecular complexity index is 665. The Kier molecular flexibility index (Phi) is 3.94. The number of nitrogen functional groups attached to an aromatic ring is 1. The van der Waals surface area contributed by atoms with Crippen molar-refractivity contribution in [2.75, 3.05) is 31.4 Å². The van der Waals surface area contributed by atoms with Crippen molar-refractivity contribution in [3.63, 3.8) is 0 Å². The SMILES string of the molecule is COc1cc(N)cc2sc(NC(=O)C3CCOCC3)nc12. The average molecular weight is 307 g/mol. The van der Waals surface area contributed by atoms with Crippen molar-refractivity contribution in [1.82, 2.24) is 4.98 Å². The van der Waals surface area contributed by atoms with Gasteiger partial charge >= 0.3 is 0 Å². The van der Waals surface area contributed by atoms with Gasteiger partial charge in [-0.25, -0.2) is 4.98 Å². The predicted octanol–water partition coefficient (Wildman–Crippen LogP) is 2.25. The van der Waals surface area contributed by atoms with Crippen LogP contribution in [0, 0.1) is 5.92 Å². The first-order valence-electron chi connectivity index (χ1n) is 6.80. The fourth-order valence-corrected chi connectivity index (χ4v) is 3.33. The number of carbonyl (C=O) groups excluding carboxylic acids is 1. The molecule has 6 nitrogen and oxygen atoms in total. The van der Waals surface area contributed by atoms with Crippen LogP contribution in [0.2, 0.25) is 0 Å². The van der Waals surface area contributed by atoms with Gasteiger partial charge in [0.05, 0.1) is 11.8 Å². The number of aromatic nitrogens is 1. The molecule has 0 saturated carbocycles. The van der Waals surface area contributed by atoms with Crippen LogP contribution in [0.5, 0.6) is 5.75 Å². The summed E-state index contributed by atoms with van der Waals surface area (Å²) in [5.74, 6) is 0.620. The molecule has 0 bridgehead atoms. The van der Waals surface area contributed by atoms with Crippen LogP contribution in [0.25, 0.3) is 10.2 Å². The number of amides is 1. The number of nitrogens with zero attached hydrogens (tertiary/aromatic N) is 1. The van der Waals surface area contributed by atoms with E-state index in [2.05, 4.69) is 10.3 Å². The van der Waals surface area contributed by atoms with Crippen molar-refractivity contribution in [2.45, 2.75) is 12.8 Å². The second-order valence-electron chi connectivity index (χ2n) is 4.96. The molecule has 2 aromatic rings. The lowest BCUT2D eigenvalue weighted by Gasteiger charge is -2.20. The summed E-state index contributed by atoms with van der Waals surface area (Å²) in [5.41, 5.74) is 7.16. The van der Waals surface area contributed by atoms with E-state index in [4.69, 9.17) is 15.2 Å². The highest BCUT2D eigenvalue weighted by Gasteiger charge is 2.22. The molecule has 0 atom stereocenters. The summed E-state index contributed by atoms with van der Waals surface area (Å²) in [6.45, 7) is 1.28. The molecule has 1 aliphatic rings. The topological polar surface area (TPSA) is 86.5 Å². The molecule has 2 heterocycles. The molecule has 0 spiro atoms. The molecular formula is C14H17N3O3S. The molecule has 0 unspecified atom stereocenters. The summed E-state index contributed by atoms with van der Waals surface area (Å²) in [6, 6.07) is 3.56. The fourth-order valence-electron chi connectivity index (χ4n) is 2.40. The van der Waals surface area contributed by atoms with Gasteiger partial charge in [-0.3, -0.25) is 4.79 Å². The number of ether oxygens (including phenoxy) is 2. The van der Waals surface area contributed by atoms with Crippen molar-refractivity contribution < 1.29 is 14.3 Å². The molecule has 21 heavy (non-hydrogen) atoms. The smallest absolute Gasteiger partial charge is 0.229 e. The number of thiazole rings is 1. The monoisotopic (exact) mass is 307 g/mol. The van der Waals surface area contributed by atoms with Crippen molar-refractivity contribution in [3.05, 3.63) is 12.1 Å². The van der Waals surface area contributed by atoms with E-state index in [1.165, 1.54) is 11.3 Å². The maximum atomic E-state index is 12.2. The molecule has 1 fully saturated rings. The average Bonchev–Trinajstić information content (AvgIpc) is 2.89. The van der Waals surface area contributed by atoms with Crippen LogP contribution in [-0.4, -0.2) is 31.2 Å². The third kappa shape index (κ3) is 2.93. The van der Waals surface area contributed by atoms with Gasteiger partial charge in [0, 0.05) is 30.9 Å². The number of rotatable bonds is 3. The van der Waals surface area contributed by atoms with E-state index in [9.17, 15) is 4.79 Å². The van der Waals surface area contributed by atoms with E-state index in [0.717, 1.165) is 23.1 Å². The molecule has 3 N–H and O–H groups in total. The van der Waals surface area contributed by atoms with Crippen molar-refractivity contribution in [1.29, 1.82) is 0 Å². The number of carbonyl (C=O) groups is 1. The molecule has 112 valence electrons. The number of nitrogens with one attached hydrogen (secondary N) is 1. The third-order valence-electron chi connectivity index (χ3n) is 3.52. The van der Waals surface area contributed by atoms with Crippen LogP contribution in [0.3, 0.4) is 0 Å². The van der Waals surface area contributed by atoms with Crippen LogP contribution in [0.15, 0.2) is 12.1 Å². The third-order valence-corrected chi connectivity index (χ3v) is 4.44. The summed E-state index contributed by atoms with van der Waals surface area (Å²) in [7, 11) is 1.58. The van der Waals surface area contributed by atoms with E-state index in [1.807, 2.05) is 6.07 Å². The second kappa shape index (κ2) is 5.87.